The summed E-state index contributed by atoms with van der Waals surface area (Å²) in [6.07, 6.45) is -1.41. The number of methoxy groups -OCH3 is 1. The third-order valence-corrected chi connectivity index (χ3v) is 9.61. The molecule has 0 aliphatic carbocycles. The van der Waals surface area contributed by atoms with E-state index in [-0.39, 0.29) is 23.8 Å². The normalized spacial score (nSPS) is 17.1. The van der Waals surface area contributed by atoms with Crippen LogP contribution in [0.25, 0.3) is 10.9 Å². The van der Waals surface area contributed by atoms with Crippen molar-refractivity contribution in [3.05, 3.63) is 53.2 Å². The second-order valence-corrected chi connectivity index (χ2v) is 12.3. The van der Waals surface area contributed by atoms with Gasteiger partial charge in [0, 0.05) is 43.5 Å². The van der Waals surface area contributed by atoms with Crippen molar-refractivity contribution >= 4 is 35.2 Å². The van der Waals surface area contributed by atoms with E-state index in [1.807, 2.05) is 0 Å². The Labute approximate surface area is 213 Å². The topological polar surface area (TPSA) is 97.3 Å². The molecular formula is C25H29F3N5O3P. The molecule has 198 valence electrons. The smallest absolute Gasteiger partial charge is 0.266 e. The third-order valence-electron chi connectivity index (χ3n) is 6.69. The number of amides is 1. The van der Waals surface area contributed by atoms with Gasteiger partial charge in [-0.2, -0.15) is 0 Å². The van der Waals surface area contributed by atoms with Crippen LogP contribution in [0.1, 0.15) is 43.3 Å². The number of aromatic nitrogens is 3. The molecule has 1 amide bonds. The van der Waals surface area contributed by atoms with Gasteiger partial charge in [-0.1, -0.05) is 18.2 Å². The lowest BCUT2D eigenvalue weighted by Gasteiger charge is -2.33. The summed E-state index contributed by atoms with van der Waals surface area (Å²) in [4.78, 5) is 27.4. The summed E-state index contributed by atoms with van der Waals surface area (Å²) in [6, 6.07) is 4.87. The number of pyridine rings is 1. The second kappa shape index (κ2) is 10.8. The van der Waals surface area contributed by atoms with E-state index in [1.54, 1.807) is 31.7 Å². The molecule has 1 fully saturated rings. The Bertz CT molecular complexity index is 1360. The van der Waals surface area contributed by atoms with Crippen LogP contribution in [0.4, 0.5) is 19.0 Å². The van der Waals surface area contributed by atoms with Crippen LogP contribution >= 0.6 is 7.14 Å². The van der Waals surface area contributed by atoms with Gasteiger partial charge in [0.2, 0.25) is 0 Å². The predicted octanol–water partition coefficient (Wildman–Crippen LogP) is 4.45. The zero-order chi connectivity index (χ0) is 26.9. The van der Waals surface area contributed by atoms with Crippen molar-refractivity contribution in [1.29, 1.82) is 0 Å². The second-order valence-electron chi connectivity index (χ2n) is 9.14. The van der Waals surface area contributed by atoms with Gasteiger partial charge in [0.15, 0.2) is 0 Å². The molecule has 1 N–H and O–H groups in total. The highest BCUT2D eigenvalue weighted by Gasteiger charge is 2.35. The van der Waals surface area contributed by atoms with Gasteiger partial charge in [-0.15, -0.1) is 0 Å². The van der Waals surface area contributed by atoms with Crippen molar-refractivity contribution in [3.8, 4) is 0 Å². The lowest BCUT2D eigenvalue weighted by Crippen LogP contribution is -2.45. The van der Waals surface area contributed by atoms with E-state index < -0.39 is 37.1 Å². The fourth-order valence-corrected chi connectivity index (χ4v) is 6.86. The van der Waals surface area contributed by atoms with Gasteiger partial charge in [0.25, 0.3) is 12.3 Å². The number of halogens is 3. The number of rotatable bonds is 7. The number of aryl methyl sites for hydroxylation is 1. The van der Waals surface area contributed by atoms with Crippen molar-refractivity contribution in [2.24, 2.45) is 0 Å². The zero-order valence-corrected chi connectivity index (χ0v) is 21.9. The molecule has 12 heteroatoms. The van der Waals surface area contributed by atoms with Gasteiger partial charge in [0.05, 0.1) is 23.3 Å². The first-order valence-corrected chi connectivity index (χ1v) is 14.0. The molecule has 1 aromatic carbocycles. The van der Waals surface area contributed by atoms with Crippen molar-refractivity contribution in [2.75, 3.05) is 37.8 Å². The number of ether oxygens (including phenoxy) is 1. The molecule has 8 nitrogen and oxygen atoms in total. The van der Waals surface area contributed by atoms with Gasteiger partial charge < -0.3 is 19.5 Å². The van der Waals surface area contributed by atoms with E-state index in [9.17, 15) is 22.5 Å². The minimum atomic E-state index is -2.93. The first-order valence-electron chi connectivity index (χ1n) is 11.9. The molecule has 0 unspecified atom stereocenters. The molecule has 2 atom stereocenters. The standard InChI is InChI=1S/C25H29F3N5O3P/c1-14(17-6-5-7-18(22(17)26)23(27)28)30-24-19-12-21(29-13-20(19)31-16(3)32-24)37(35)10-8-33(9-11-37)25(34)15(2)36-4/h5-7,12-15,23H,8-11H2,1-4H3,(H,30,31,32)/t14-,15+/m1/s1. The van der Waals surface area contributed by atoms with Crippen molar-refractivity contribution < 1.29 is 27.3 Å². The number of benzene rings is 1. The van der Waals surface area contributed by atoms with E-state index in [4.69, 9.17) is 4.74 Å². The minimum Gasteiger partial charge on any atom is -0.372 e. The molecule has 4 rings (SSSR count). The van der Waals surface area contributed by atoms with E-state index in [1.165, 1.54) is 25.4 Å². The van der Waals surface area contributed by atoms with Crippen LogP contribution in [0.5, 0.6) is 0 Å². The molecule has 3 heterocycles. The average Bonchev–Trinajstić information content (AvgIpc) is 2.87. The quantitative estimate of drug-likeness (QED) is 0.447. The molecule has 1 aliphatic rings. The van der Waals surface area contributed by atoms with Crippen LogP contribution in [-0.2, 0) is 14.1 Å². The zero-order valence-electron chi connectivity index (χ0n) is 21.0. The molecule has 1 aliphatic heterocycles. The third kappa shape index (κ3) is 5.48. The summed E-state index contributed by atoms with van der Waals surface area (Å²) in [7, 11) is -1.44. The Balaban J connectivity index is 1.63. The molecule has 0 saturated carbocycles. The van der Waals surface area contributed by atoms with Crippen LogP contribution < -0.4 is 10.8 Å². The summed E-state index contributed by atoms with van der Waals surface area (Å²) >= 11 is 0. The monoisotopic (exact) mass is 535 g/mol. The van der Waals surface area contributed by atoms with Crippen LogP contribution in [0.2, 0.25) is 0 Å². The summed E-state index contributed by atoms with van der Waals surface area (Å²) in [6.45, 7) is 5.67. The predicted molar refractivity (Wildman–Crippen MR) is 135 cm³/mol. The Morgan fingerprint density at radius 1 is 1.16 bits per heavy atom. The number of anilines is 1. The first kappa shape index (κ1) is 27.0. The Morgan fingerprint density at radius 3 is 2.49 bits per heavy atom. The largest absolute Gasteiger partial charge is 0.372 e. The number of nitrogens with one attached hydrogen (secondary N) is 1. The maximum Gasteiger partial charge on any atom is 0.266 e. The maximum absolute atomic E-state index is 14.8. The molecular weight excluding hydrogens is 506 g/mol. The molecule has 1 saturated heterocycles. The van der Waals surface area contributed by atoms with Crippen LogP contribution in [-0.4, -0.2) is 64.4 Å². The minimum absolute atomic E-state index is 0.0756. The average molecular weight is 536 g/mol. The highest BCUT2D eigenvalue weighted by Crippen LogP contribution is 2.46. The molecule has 0 radical (unpaired) electrons. The number of fused-ring (bicyclic) bond motifs is 1. The lowest BCUT2D eigenvalue weighted by molar-refractivity contribution is -0.140. The molecule has 2 aromatic heterocycles. The fraction of sp³-hybridized carbons (Fsp3) is 0.440. The van der Waals surface area contributed by atoms with E-state index in [0.717, 1.165) is 6.07 Å². The van der Waals surface area contributed by atoms with Gasteiger partial charge in [-0.25, -0.2) is 23.1 Å². The highest BCUT2D eigenvalue weighted by atomic mass is 31.2. The van der Waals surface area contributed by atoms with Gasteiger partial charge in [-0.05, 0) is 26.8 Å². The molecule has 37 heavy (non-hydrogen) atoms. The van der Waals surface area contributed by atoms with Crippen LogP contribution in [0.15, 0.2) is 30.5 Å². The number of hydrogen-bond acceptors (Lipinski definition) is 7. The number of carbonyl (C=O) groups excluding carboxylic acids is 1. The van der Waals surface area contributed by atoms with E-state index >= 15 is 0 Å². The Morgan fingerprint density at radius 2 is 1.84 bits per heavy atom. The fourth-order valence-electron chi connectivity index (χ4n) is 4.42. The molecule has 3 aromatic rings. The maximum atomic E-state index is 14.8. The molecule has 0 bridgehead atoms. The van der Waals surface area contributed by atoms with E-state index in [2.05, 4.69) is 20.3 Å². The Kier molecular flexibility index (Phi) is 7.85. The van der Waals surface area contributed by atoms with Crippen LogP contribution in [0, 0.1) is 12.7 Å². The number of alkyl halides is 2. The van der Waals surface area contributed by atoms with Crippen molar-refractivity contribution in [1.82, 2.24) is 19.9 Å². The van der Waals surface area contributed by atoms with Gasteiger partial charge in [-0.3, -0.25) is 9.78 Å². The molecule has 0 spiro atoms. The van der Waals surface area contributed by atoms with Gasteiger partial charge in [0.1, 0.15) is 36.1 Å². The van der Waals surface area contributed by atoms with E-state index in [0.29, 0.717) is 41.1 Å². The number of nitrogens with zero attached hydrogens (tertiary/aromatic N) is 4. The highest BCUT2D eigenvalue weighted by molar-refractivity contribution is 7.71. The summed E-state index contributed by atoms with van der Waals surface area (Å²) in [5.41, 5.74) is 0.318. The summed E-state index contributed by atoms with van der Waals surface area (Å²) in [5.74, 6) is -0.324. The summed E-state index contributed by atoms with van der Waals surface area (Å²) in [5, 5.41) is 3.65. The first-order chi connectivity index (χ1) is 17.5. The number of hydrogen-bond donors (Lipinski definition) is 1. The Hall–Kier alpha value is -3.04. The lowest BCUT2D eigenvalue weighted by atomic mass is 10.0. The van der Waals surface area contributed by atoms with Gasteiger partial charge >= 0.3 is 0 Å². The van der Waals surface area contributed by atoms with Crippen LogP contribution in [0.3, 0.4) is 0 Å². The number of carbonyl (C=O) groups is 1. The summed E-state index contributed by atoms with van der Waals surface area (Å²) < 4.78 is 60.1. The van der Waals surface area contributed by atoms with Crippen molar-refractivity contribution in [2.45, 2.75) is 39.3 Å². The SMILES string of the molecule is CO[C@@H](C)C(=O)N1CCP(=O)(c2cc3c(N[C@H](C)c4cccc(C(F)F)c4F)nc(C)nc3cn2)CC1. The van der Waals surface area contributed by atoms with Crippen molar-refractivity contribution in [3.63, 3.8) is 0 Å².